The van der Waals surface area contributed by atoms with E-state index in [2.05, 4.69) is 15.8 Å². The van der Waals surface area contributed by atoms with E-state index in [0.717, 1.165) is 18.7 Å². The third-order valence-corrected chi connectivity index (χ3v) is 5.48. The van der Waals surface area contributed by atoms with E-state index >= 15 is 0 Å². The van der Waals surface area contributed by atoms with E-state index < -0.39 is 11.8 Å². The van der Waals surface area contributed by atoms with Gasteiger partial charge in [0, 0.05) is 18.5 Å². The molecule has 1 aliphatic rings. The predicted octanol–water partition coefficient (Wildman–Crippen LogP) is 1.37. The van der Waals surface area contributed by atoms with Gasteiger partial charge in [0.2, 0.25) is 11.7 Å². The third kappa shape index (κ3) is 4.32. The minimum atomic E-state index is -0.516. The van der Waals surface area contributed by atoms with E-state index in [-0.39, 0.29) is 17.5 Å². The number of carbonyl (C=O) groups excluding carboxylic acids is 2. The molecule has 0 bridgehead atoms. The number of hydrogen-bond acceptors (Lipinski definition) is 7. The molecule has 2 amide bonds. The van der Waals surface area contributed by atoms with Gasteiger partial charge in [-0.25, -0.2) is 4.98 Å². The van der Waals surface area contributed by atoms with Crippen molar-refractivity contribution in [3.8, 4) is 17.2 Å². The molecular weight excluding hydrogens is 428 g/mol. The van der Waals surface area contributed by atoms with Crippen LogP contribution in [0.25, 0.3) is 10.9 Å². The van der Waals surface area contributed by atoms with Crippen molar-refractivity contribution in [2.24, 2.45) is 0 Å². The minimum absolute atomic E-state index is 0.0286. The maximum atomic E-state index is 12.6. The van der Waals surface area contributed by atoms with Gasteiger partial charge < -0.3 is 14.2 Å². The summed E-state index contributed by atoms with van der Waals surface area (Å²) in [5.74, 6) is 1.05. The molecule has 2 heterocycles. The Balaban J connectivity index is 1.45. The number of fused-ring (bicyclic) bond motifs is 2. The molecule has 1 aliphatic heterocycles. The lowest BCUT2D eigenvalue weighted by atomic mass is 10.1. The predicted molar refractivity (Wildman–Crippen MR) is 120 cm³/mol. The van der Waals surface area contributed by atoms with Crippen LogP contribution < -0.4 is 30.6 Å². The molecule has 33 heavy (non-hydrogen) atoms. The lowest BCUT2D eigenvalue weighted by molar-refractivity contribution is -0.121. The standard InChI is InChI=1S/C23H24N4O6/c1-31-17-9-13(10-18(32-2)21(17)33-3)11-20(28)25-26-22(29)14-6-7-15-16(12-14)24-19-5-4-8-27(19)23(15)30/h6-7,9-10,12H,4-5,8,11H2,1-3H3,(H,25,28)(H,26,29). The lowest BCUT2D eigenvalue weighted by Gasteiger charge is -2.14. The van der Waals surface area contributed by atoms with Crippen molar-refractivity contribution < 1.29 is 23.8 Å². The molecule has 10 heteroatoms. The Hall–Kier alpha value is -4.08. The first-order valence-electron chi connectivity index (χ1n) is 10.4. The van der Waals surface area contributed by atoms with Crippen molar-refractivity contribution >= 4 is 22.7 Å². The minimum Gasteiger partial charge on any atom is -0.493 e. The molecule has 0 unspecified atom stereocenters. The van der Waals surface area contributed by atoms with Crippen molar-refractivity contribution in [1.29, 1.82) is 0 Å². The van der Waals surface area contributed by atoms with E-state index in [9.17, 15) is 14.4 Å². The van der Waals surface area contributed by atoms with Gasteiger partial charge in [0.1, 0.15) is 5.82 Å². The van der Waals surface area contributed by atoms with Gasteiger partial charge in [-0.3, -0.25) is 29.8 Å². The molecule has 10 nitrogen and oxygen atoms in total. The van der Waals surface area contributed by atoms with Crippen molar-refractivity contribution in [1.82, 2.24) is 20.4 Å². The summed E-state index contributed by atoms with van der Waals surface area (Å²) in [7, 11) is 4.47. The normalized spacial score (nSPS) is 12.2. The van der Waals surface area contributed by atoms with Crippen LogP contribution in [0.1, 0.15) is 28.2 Å². The fourth-order valence-electron chi connectivity index (χ4n) is 3.89. The number of hydrogen-bond donors (Lipinski definition) is 2. The molecule has 0 spiro atoms. The second kappa shape index (κ2) is 9.19. The molecule has 172 valence electrons. The zero-order valence-electron chi connectivity index (χ0n) is 18.6. The summed E-state index contributed by atoms with van der Waals surface area (Å²) in [6.45, 7) is 0.664. The summed E-state index contributed by atoms with van der Waals surface area (Å²) in [6.07, 6.45) is 1.58. The van der Waals surface area contributed by atoms with Crippen LogP contribution in [0.4, 0.5) is 0 Å². The van der Waals surface area contributed by atoms with Crippen molar-refractivity contribution in [2.45, 2.75) is 25.8 Å². The highest BCUT2D eigenvalue weighted by atomic mass is 16.5. The second-order valence-electron chi connectivity index (χ2n) is 7.53. The van der Waals surface area contributed by atoms with Crippen LogP contribution in [0.15, 0.2) is 35.1 Å². The molecule has 0 saturated carbocycles. The molecule has 1 aromatic heterocycles. The molecule has 4 rings (SSSR count). The van der Waals surface area contributed by atoms with Crippen LogP contribution in [-0.2, 0) is 24.2 Å². The Morgan fingerprint density at radius 1 is 1.03 bits per heavy atom. The summed E-state index contributed by atoms with van der Waals surface area (Å²) < 4.78 is 17.5. The monoisotopic (exact) mass is 452 g/mol. The molecule has 0 atom stereocenters. The Morgan fingerprint density at radius 3 is 2.42 bits per heavy atom. The lowest BCUT2D eigenvalue weighted by Crippen LogP contribution is -2.42. The van der Waals surface area contributed by atoms with E-state index in [1.165, 1.54) is 27.4 Å². The van der Waals surface area contributed by atoms with Gasteiger partial charge in [-0.05, 0) is 42.3 Å². The number of rotatable bonds is 6. The number of carbonyl (C=O) groups is 2. The van der Waals surface area contributed by atoms with Crippen molar-refractivity contribution in [3.05, 3.63) is 57.6 Å². The Labute approximate surface area is 189 Å². The van der Waals surface area contributed by atoms with Crippen molar-refractivity contribution in [2.75, 3.05) is 21.3 Å². The van der Waals surface area contributed by atoms with Gasteiger partial charge in [-0.15, -0.1) is 0 Å². The first-order chi connectivity index (χ1) is 15.9. The van der Waals surface area contributed by atoms with Gasteiger partial charge in [0.15, 0.2) is 11.5 Å². The Bertz CT molecular complexity index is 1280. The highest BCUT2D eigenvalue weighted by molar-refractivity contribution is 5.98. The topological polar surface area (TPSA) is 121 Å². The van der Waals surface area contributed by atoms with Gasteiger partial charge in [-0.1, -0.05) is 0 Å². The number of ether oxygens (including phenoxy) is 3. The molecule has 2 N–H and O–H groups in total. The van der Waals surface area contributed by atoms with Crippen LogP contribution in [0, 0.1) is 0 Å². The van der Waals surface area contributed by atoms with Crippen LogP contribution in [0.5, 0.6) is 17.2 Å². The molecule has 2 aromatic carbocycles. The van der Waals surface area contributed by atoms with Gasteiger partial charge in [0.05, 0.1) is 38.7 Å². The van der Waals surface area contributed by atoms with Gasteiger partial charge in [0.25, 0.3) is 11.5 Å². The maximum Gasteiger partial charge on any atom is 0.269 e. The zero-order valence-corrected chi connectivity index (χ0v) is 18.6. The fourth-order valence-corrected chi connectivity index (χ4v) is 3.89. The summed E-state index contributed by atoms with van der Waals surface area (Å²) in [5, 5.41) is 0.462. The van der Waals surface area contributed by atoms with Gasteiger partial charge in [-0.2, -0.15) is 0 Å². The van der Waals surface area contributed by atoms with Crippen LogP contribution >= 0.6 is 0 Å². The fraction of sp³-hybridized carbons (Fsp3) is 0.304. The molecular formula is C23H24N4O6. The number of aromatic nitrogens is 2. The van der Waals surface area contributed by atoms with Crippen LogP contribution in [0.2, 0.25) is 0 Å². The average molecular weight is 452 g/mol. The highest BCUT2D eigenvalue weighted by Crippen LogP contribution is 2.38. The largest absolute Gasteiger partial charge is 0.493 e. The number of nitrogens with zero attached hydrogens (tertiary/aromatic N) is 2. The number of hydrazine groups is 1. The number of benzene rings is 2. The van der Waals surface area contributed by atoms with Crippen LogP contribution in [-0.4, -0.2) is 42.7 Å². The summed E-state index contributed by atoms with van der Waals surface area (Å²) >= 11 is 0. The van der Waals surface area contributed by atoms with E-state index in [1.54, 1.807) is 28.8 Å². The van der Waals surface area contributed by atoms with E-state index in [1.807, 2.05) is 0 Å². The number of amides is 2. The molecule has 0 radical (unpaired) electrons. The summed E-state index contributed by atoms with van der Waals surface area (Å²) in [6, 6.07) is 8.00. The maximum absolute atomic E-state index is 12.6. The summed E-state index contributed by atoms with van der Waals surface area (Å²) in [5.41, 5.74) is 6.05. The second-order valence-corrected chi connectivity index (χ2v) is 7.53. The summed E-state index contributed by atoms with van der Waals surface area (Å²) in [4.78, 5) is 42.0. The first-order valence-corrected chi connectivity index (χ1v) is 10.4. The van der Waals surface area contributed by atoms with Crippen LogP contribution in [0.3, 0.4) is 0 Å². The molecule has 3 aromatic rings. The quantitative estimate of drug-likeness (QED) is 0.542. The van der Waals surface area contributed by atoms with E-state index in [0.29, 0.717) is 40.3 Å². The smallest absolute Gasteiger partial charge is 0.269 e. The Kier molecular flexibility index (Phi) is 6.16. The third-order valence-electron chi connectivity index (χ3n) is 5.48. The first kappa shape index (κ1) is 22.1. The highest BCUT2D eigenvalue weighted by Gasteiger charge is 2.18. The number of aryl methyl sites for hydroxylation is 1. The molecule has 0 saturated heterocycles. The molecule has 0 aliphatic carbocycles. The SMILES string of the molecule is COc1cc(CC(=O)NNC(=O)c2ccc3c(=O)n4c(nc3c2)CCC4)cc(OC)c1OC. The number of methoxy groups -OCH3 is 3. The Morgan fingerprint density at radius 2 is 1.76 bits per heavy atom. The molecule has 0 fully saturated rings. The number of nitrogens with one attached hydrogen (secondary N) is 2. The van der Waals surface area contributed by atoms with Gasteiger partial charge >= 0.3 is 0 Å². The average Bonchev–Trinajstić information content (AvgIpc) is 3.30. The van der Waals surface area contributed by atoms with E-state index in [4.69, 9.17) is 14.2 Å². The van der Waals surface area contributed by atoms with Crippen molar-refractivity contribution in [3.63, 3.8) is 0 Å². The zero-order chi connectivity index (χ0) is 23.5.